The smallest absolute Gasteiger partial charge is 0.306 e. The first-order valence-corrected chi connectivity index (χ1v) is 9.00. The Morgan fingerprint density at radius 3 is 2.76 bits per heavy atom. The molecule has 1 heterocycles. The van der Waals surface area contributed by atoms with E-state index in [9.17, 15) is 20.1 Å². The summed E-state index contributed by atoms with van der Waals surface area (Å²) >= 11 is 0. The van der Waals surface area contributed by atoms with Crippen LogP contribution in [0.3, 0.4) is 0 Å². The summed E-state index contributed by atoms with van der Waals surface area (Å²) < 4.78 is 15.8. The highest BCUT2D eigenvalue weighted by Gasteiger charge is 2.40. The van der Waals surface area contributed by atoms with Gasteiger partial charge >= 0.3 is 5.97 Å². The van der Waals surface area contributed by atoms with Crippen LogP contribution in [-0.4, -0.2) is 59.3 Å². The van der Waals surface area contributed by atoms with Crippen LogP contribution in [0.5, 0.6) is 0 Å². The van der Waals surface area contributed by atoms with Crippen molar-refractivity contribution >= 4 is 5.97 Å². The summed E-state index contributed by atoms with van der Waals surface area (Å²) in [4.78, 5) is 12.0. The first-order chi connectivity index (χ1) is 11.9. The van der Waals surface area contributed by atoms with E-state index in [-0.39, 0.29) is 26.1 Å². The number of hydrogen-bond donors (Lipinski definition) is 3. The number of ether oxygens (including phenoxy) is 3. The quantitative estimate of drug-likeness (QED) is 0.248. The minimum atomic E-state index is -1.66. The van der Waals surface area contributed by atoms with Crippen LogP contribution in [0.15, 0.2) is 12.2 Å². The Morgan fingerprint density at radius 1 is 1.32 bits per heavy atom. The molecule has 0 saturated heterocycles. The molecular formula is C18H32O7. The van der Waals surface area contributed by atoms with Crippen molar-refractivity contribution in [2.75, 3.05) is 13.9 Å². The fourth-order valence-electron chi connectivity index (χ4n) is 2.74. The Hall–Kier alpha value is -0.990. The van der Waals surface area contributed by atoms with Crippen LogP contribution in [0.1, 0.15) is 58.3 Å². The van der Waals surface area contributed by atoms with E-state index in [1.165, 1.54) is 13.2 Å². The van der Waals surface area contributed by atoms with Gasteiger partial charge in [-0.1, -0.05) is 38.3 Å². The zero-order valence-electron chi connectivity index (χ0n) is 15.2. The molecule has 7 nitrogen and oxygen atoms in total. The molecule has 25 heavy (non-hydrogen) atoms. The molecule has 146 valence electrons. The Bertz CT molecular complexity index is 412. The minimum absolute atomic E-state index is 0.0429. The Kier molecular flexibility index (Phi) is 10.2. The van der Waals surface area contributed by atoms with Crippen molar-refractivity contribution in [3.05, 3.63) is 12.2 Å². The molecule has 4 atom stereocenters. The normalized spacial score (nSPS) is 28.8. The number of cyclic esters (lactones) is 1. The predicted octanol–water partition coefficient (Wildman–Crippen LogP) is 1.64. The van der Waals surface area contributed by atoms with Crippen LogP contribution in [0, 0.1) is 0 Å². The fourth-order valence-corrected chi connectivity index (χ4v) is 2.74. The standard InChI is InChI=1S/C18H32O7/c1-3-4-5-6-12-18(22,24-13-23-2)16-9-7-8-14(19)15(20)10-11-17(21)25-16/h7-8,14-16,19-20,22H,3-6,9-13H2,1-2H3/b8-7+/t14-,15-,16+,18+/m1/s1. The average molecular weight is 360 g/mol. The van der Waals surface area contributed by atoms with Gasteiger partial charge < -0.3 is 29.5 Å². The van der Waals surface area contributed by atoms with Crippen molar-refractivity contribution in [1.29, 1.82) is 0 Å². The van der Waals surface area contributed by atoms with E-state index in [0.29, 0.717) is 6.42 Å². The molecule has 7 heteroatoms. The van der Waals surface area contributed by atoms with E-state index in [2.05, 4.69) is 6.92 Å². The number of hydrogen-bond acceptors (Lipinski definition) is 7. The zero-order valence-corrected chi connectivity index (χ0v) is 15.2. The largest absolute Gasteiger partial charge is 0.456 e. The van der Waals surface area contributed by atoms with Gasteiger partial charge in [0.05, 0.1) is 12.2 Å². The third-order valence-electron chi connectivity index (χ3n) is 4.31. The number of esters is 1. The summed E-state index contributed by atoms with van der Waals surface area (Å²) in [5.74, 6) is -2.20. The molecule has 1 aliphatic heterocycles. The van der Waals surface area contributed by atoms with Gasteiger partial charge in [0.15, 0.2) is 6.10 Å². The summed E-state index contributed by atoms with van der Waals surface area (Å²) in [6, 6.07) is 0. The van der Waals surface area contributed by atoms with Crippen LogP contribution in [0.4, 0.5) is 0 Å². The van der Waals surface area contributed by atoms with E-state index in [4.69, 9.17) is 14.2 Å². The zero-order chi connectivity index (χ0) is 18.7. The van der Waals surface area contributed by atoms with Gasteiger partial charge in [-0.3, -0.25) is 4.79 Å². The van der Waals surface area contributed by atoms with Crippen LogP contribution in [0.25, 0.3) is 0 Å². The molecule has 1 aliphatic rings. The molecule has 0 spiro atoms. The lowest BCUT2D eigenvalue weighted by molar-refractivity contribution is -0.291. The highest BCUT2D eigenvalue weighted by Crippen LogP contribution is 2.28. The van der Waals surface area contributed by atoms with E-state index >= 15 is 0 Å². The molecule has 0 aromatic rings. The average Bonchev–Trinajstić information content (AvgIpc) is 2.60. The number of aliphatic hydroxyl groups is 3. The maximum Gasteiger partial charge on any atom is 0.306 e. The molecule has 0 aromatic heterocycles. The lowest BCUT2D eigenvalue weighted by atomic mass is 9.97. The lowest BCUT2D eigenvalue weighted by Gasteiger charge is -2.35. The number of methoxy groups -OCH3 is 1. The SMILES string of the molecule is CCCCCC[C@](O)(OCOC)[C@@H]1C/C=C/[C@@H](O)[C@H](O)CCC(=O)O1. The van der Waals surface area contributed by atoms with Crippen molar-refractivity contribution in [2.24, 2.45) is 0 Å². The minimum Gasteiger partial charge on any atom is -0.456 e. The monoisotopic (exact) mass is 360 g/mol. The summed E-state index contributed by atoms with van der Waals surface area (Å²) in [6.07, 6.45) is 4.38. The molecule has 0 aromatic carbocycles. The van der Waals surface area contributed by atoms with E-state index in [1.54, 1.807) is 6.08 Å². The van der Waals surface area contributed by atoms with Gasteiger partial charge in [-0.15, -0.1) is 0 Å². The summed E-state index contributed by atoms with van der Waals surface area (Å²) in [5.41, 5.74) is 0. The van der Waals surface area contributed by atoms with Crippen molar-refractivity contribution in [2.45, 2.75) is 82.4 Å². The van der Waals surface area contributed by atoms with Gasteiger partial charge in [-0.2, -0.15) is 0 Å². The molecule has 3 N–H and O–H groups in total. The van der Waals surface area contributed by atoms with Gasteiger partial charge in [-0.25, -0.2) is 0 Å². The summed E-state index contributed by atoms with van der Waals surface area (Å²) in [6.45, 7) is 1.98. The van der Waals surface area contributed by atoms with Gasteiger partial charge in [0, 0.05) is 26.4 Å². The van der Waals surface area contributed by atoms with Crippen molar-refractivity contribution in [1.82, 2.24) is 0 Å². The van der Waals surface area contributed by atoms with E-state index in [1.807, 2.05) is 0 Å². The first-order valence-electron chi connectivity index (χ1n) is 9.00. The number of aliphatic hydroxyl groups excluding tert-OH is 2. The maximum atomic E-state index is 12.0. The Labute approximate surface area is 149 Å². The molecule has 0 saturated carbocycles. The molecule has 0 aliphatic carbocycles. The van der Waals surface area contributed by atoms with E-state index < -0.39 is 30.1 Å². The van der Waals surface area contributed by atoms with Gasteiger partial charge in [0.1, 0.15) is 6.79 Å². The molecule has 0 bridgehead atoms. The first kappa shape index (κ1) is 22.1. The van der Waals surface area contributed by atoms with Crippen LogP contribution in [-0.2, 0) is 19.0 Å². The third kappa shape index (κ3) is 7.83. The maximum absolute atomic E-state index is 12.0. The van der Waals surface area contributed by atoms with Crippen molar-refractivity contribution < 1.29 is 34.3 Å². The highest BCUT2D eigenvalue weighted by atomic mass is 16.7. The fraction of sp³-hybridized carbons (Fsp3) is 0.833. The number of rotatable bonds is 9. The van der Waals surface area contributed by atoms with E-state index in [0.717, 1.165) is 25.7 Å². The molecule has 0 unspecified atom stereocenters. The van der Waals surface area contributed by atoms with Crippen molar-refractivity contribution in [3.8, 4) is 0 Å². The second-order valence-electron chi connectivity index (χ2n) is 6.45. The van der Waals surface area contributed by atoms with Crippen LogP contribution < -0.4 is 0 Å². The van der Waals surface area contributed by atoms with Crippen molar-refractivity contribution in [3.63, 3.8) is 0 Å². The lowest BCUT2D eigenvalue weighted by Crippen LogP contribution is -2.48. The molecule has 0 amide bonds. The summed E-state index contributed by atoms with van der Waals surface area (Å²) in [5, 5.41) is 30.5. The topological polar surface area (TPSA) is 105 Å². The van der Waals surface area contributed by atoms with Gasteiger partial charge in [0.2, 0.25) is 5.79 Å². The third-order valence-corrected chi connectivity index (χ3v) is 4.31. The van der Waals surface area contributed by atoms with Crippen LogP contribution >= 0.6 is 0 Å². The number of unbranched alkanes of at least 4 members (excludes halogenated alkanes) is 3. The van der Waals surface area contributed by atoms with Gasteiger partial charge in [0.25, 0.3) is 0 Å². The molecule has 0 fully saturated rings. The second kappa shape index (κ2) is 11.6. The molecule has 1 rings (SSSR count). The molecule has 0 radical (unpaired) electrons. The second-order valence-corrected chi connectivity index (χ2v) is 6.45. The van der Waals surface area contributed by atoms with Crippen LogP contribution in [0.2, 0.25) is 0 Å². The van der Waals surface area contributed by atoms with Gasteiger partial charge in [-0.05, 0) is 12.8 Å². The number of carbonyl (C=O) groups is 1. The highest BCUT2D eigenvalue weighted by molar-refractivity contribution is 5.69. The molecular weight excluding hydrogens is 328 g/mol. The predicted molar refractivity (Wildman–Crippen MR) is 91.6 cm³/mol. The summed E-state index contributed by atoms with van der Waals surface area (Å²) in [7, 11) is 1.45. The Balaban J connectivity index is 2.86. The Morgan fingerprint density at radius 2 is 2.08 bits per heavy atom. The number of carbonyl (C=O) groups excluding carboxylic acids is 1.